The van der Waals surface area contributed by atoms with Gasteiger partial charge in [0.05, 0.1) is 18.7 Å². The molecule has 0 saturated heterocycles. The predicted molar refractivity (Wildman–Crippen MR) is 79.2 cm³/mol. The molecule has 1 N–H and O–H groups in total. The van der Waals surface area contributed by atoms with Gasteiger partial charge in [-0.25, -0.2) is 4.98 Å². The number of hydrogen-bond acceptors (Lipinski definition) is 5. The molecule has 19 heavy (non-hydrogen) atoms. The molecular weight excluding hydrogens is 282 g/mol. The van der Waals surface area contributed by atoms with Crippen molar-refractivity contribution in [3.63, 3.8) is 0 Å². The van der Waals surface area contributed by atoms with Crippen molar-refractivity contribution in [2.45, 2.75) is 38.0 Å². The number of aromatic nitrogens is 1. The molecule has 0 aliphatic carbocycles. The molecule has 1 aromatic rings. The van der Waals surface area contributed by atoms with E-state index >= 15 is 0 Å². The lowest BCUT2D eigenvalue weighted by Gasteiger charge is -2.05. The molecule has 0 aromatic carbocycles. The number of hydrogen-bond donors (Lipinski definition) is 1. The molecule has 0 spiro atoms. The summed E-state index contributed by atoms with van der Waals surface area (Å²) in [6, 6.07) is 0. The average Bonchev–Trinajstić information content (AvgIpc) is 2.63. The fourth-order valence-electron chi connectivity index (χ4n) is 1.37. The van der Waals surface area contributed by atoms with E-state index in [-0.39, 0.29) is 6.42 Å². The van der Waals surface area contributed by atoms with Crippen molar-refractivity contribution in [2.75, 3.05) is 19.0 Å². The van der Waals surface area contributed by atoms with Crippen LogP contribution in [0.3, 0.4) is 0 Å². The van der Waals surface area contributed by atoms with Crippen molar-refractivity contribution >= 4 is 29.1 Å². The number of thiazole rings is 1. The molecule has 0 saturated carbocycles. The van der Waals surface area contributed by atoms with E-state index in [1.807, 2.05) is 6.92 Å². The maximum Gasteiger partial charge on any atom is 0.308 e. The normalized spacial score (nSPS) is 11.2. The van der Waals surface area contributed by atoms with Crippen LogP contribution < -0.4 is 0 Å². The van der Waals surface area contributed by atoms with E-state index in [4.69, 9.17) is 9.84 Å². The number of carboxylic acid groups (broad SMARTS) is 1. The molecule has 1 rings (SSSR count). The number of carboxylic acids is 1. The van der Waals surface area contributed by atoms with Gasteiger partial charge in [-0.1, -0.05) is 25.6 Å². The summed E-state index contributed by atoms with van der Waals surface area (Å²) in [6.45, 7) is 7.74. The Kier molecular flexibility index (Phi) is 7.41. The number of thioether (sulfide) groups is 1. The lowest BCUT2D eigenvalue weighted by Crippen LogP contribution is -2.02. The third kappa shape index (κ3) is 6.94. The van der Waals surface area contributed by atoms with Crippen molar-refractivity contribution in [3.05, 3.63) is 10.6 Å². The molecule has 6 heteroatoms. The largest absolute Gasteiger partial charge is 0.481 e. The molecule has 1 aromatic heterocycles. The second kappa shape index (κ2) is 8.55. The summed E-state index contributed by atoms with van der Waals surface area (Å²) >= 11 is 3.10. The van der Waals surface area contributed by atoms with Crippen molar-refractivity contribution < 1.29 is 14.6 Å². The Bertz CT molecular complexity index is 405. The van der Waals surface area contributed by atoms with Gasteiger partial charge < -0.3 is 9.84 Å². The van der Waals surface area contributed by atoms with E-state index in [1.54, 1.807) is 11.8 Å². The number of aryl methyl sites for hydroxylation is 1. The summed E-state index contributed by atoms with van der Waals surface area (Å²) in [4.78, 5) is 15.9. The summed E-state index contributed by atoms with van der Waals surface area (Å²) < 4.78 is 6.46. The van der Waals surface area contributed by atoms with Crippen molar-refractivity contribution in [2.24, 2.45) is 5.92 Å². The lowest BCUT2D eigenvalue weighted by atomic mass is 10.1. The second-order valence-electron chi connectivity index (χ2n) is 4.70. The Labute approximate surface area is 122 Å². The Morgan fingerprint density at radius 2 is 2.21 bits per heavy atom. The highest BCUT2D eigenvalue weighted by Gasteiger charge is 2.11. The van der Waals surface area contributed by atoms with Crippen LogP contribution >= 0.6 is 23.1 Å². The van der Waals surface area contributed by atoms with Gasteiger partial charge >= 0.3 is 5.97 Å². The Morgan fingerprint density at radius 1 is 1.47 bits per heavy atom. The molecule has 0 aliphatic heterocycles. The van der Waals surface area contributed by atoms with Gasteiger partial charge in [0.1, 0.15) is 4.34 Å². The highest BCUT2D eigenvalue weighted by atomic mass is 32.2. The van der Waals surface area contributed by atoms with Crippen molar-refractivity contribution in [1.82, 2.24) is 4.98 Å². The SMILES string of the molecule is Cc1nc(SCCOCCC(C)C)sc1CC(=O)O. The van der Waals surface area contributed by atoms with E-state index in [9.17, 15) is 4.79 Å². The standard InChI is InChI=1S/C13H21NO3S2/c1-9(2)4-5-17-6-7-18-13-14-10(3)11(19-13)8-12(15)16/h9H,4-8H2,1-3H3,(H,15,16). The number of rotatable bonds is 9. The number of ether oxygens (including phenoxy) is 1. The van der Waals surface area contributed by atoms with E-state index in [1.165, 1.54) is 11.3 Å². The first kappa shape index (κ1) is 16.5. The lowest BCUT2D eigenvalue weighted by molar-refractivity contribution is -0.136. The smallest absolute Gasteiger partial charge is 0.308 e. The van der Waals surface area contributed by atoms with E-state index in [2.05, 4.69) is 18.8 Å². The first-order chi connectivity index (χ1) is 8.99. The third-order valence-electron chi connectivity index (χ3n) is 2.48. The van der Waals surface area contributed by atoms with Gasteiger partial charge in [-0.2, -0.15) is 0 Å². The van der Waals surface area contributed by atoms with Crippen LogP contribution in [0.25, 0.3) is 0 Å². The van der Waals surface area contributed by atoms with Crippen LogP contribution in [0.2, 0.25) is 0 Å². The molecule has 0 aliphatic rings. The zero-order valence-electron chi connectivity index (χ0n) is 11.6. The molecule has 4 nitrogen and oxygen atoms in total. The van der Waals surface area contributed by atoms with Gasteiger partial charge in [0.25, 0.3) is 0 Å². The molecule has 0 unspecified atom stereocenters. The van der Waals surface area contributed by atoms with Crippen LogP contribution in [-0.2, 0) is 16.0 Å². The van der Waals surface area contributed by atoms with Gasteiger partial charge in [0, 0.05) is 17.2 Å². The van der Waals surface area contributed by atoms with Gasteiger partial charge in [-0.05, 0) is 19.3 Å². The predicted octanol–water partition coefficient (Wildman–Crippen LogP) is 3.23. The van der Waals surface area contributed by atoms with E-state index in [0.717, 1.165) is 33.7 Å². The molecule has 0 fully saturated rings. The number of aliphatic carboxylic acids is 1. The molecule has 0 atom stereocenters. The first-order valence-electron chi connectivity index (χ1n) is 6.37. The molecule has 108 valence electrons. The molecule has 0 amide bonds. The average molecular weight is 303 g/mol. The minimum Gasteiger partial charge on any atom is -0.481 e. The summed E-state index contributed by atoms with van der Waals surface area (Å²) in [5.74, 6) is 0.727. The number of nitrogens with zero attached hydrogens (tertiary/aromatic N) is 1. The summed E-state index contributed by atoms with van der Waals surface area (Å²) in [7, 11) is 0. The summed E-state index contributed by atoms with van der Waals surface area (Å²) in [6.07, 6.45) is 1.15. The summed E-state index contributed by atoms with van der Waals surface area (Å²) in [5.41, 5.74) is 0.829. The first-order valence-corrected chi connectivity index (χ1v) is 8.18. The van der Waals surface area contributed by atoms with Crippen molar-refractivity contribution in [3.8, 4) is 0 Å². The van der Waals surface area contributed by atoms with E-state index in [0.29, 0.717) is 12.5 Å². The van der Waals surface area contributed by atoms with Crippen LogP contribution in [0.15, 0.2) is 4.34 Å². The minimum atomic E-state index is -0.805. The van der Waals surface area contributed by atoms with Crippen LogP contribution in [0.1, 0.15) is 30.8 Å². The number of carbonyl (C=O) groups is 1. The Balaban J connectivity index is 2.24. The topological polar surface area (TPSA) is 59.4 Å². The van der Waals surface area contributed by atoms with Crippen LogP contribution in [0.5, 0.6) is 0 Å². The molecule has 0 bridgehead atoms. The fourth-order valence-corrected chi connectivity index (χ4v) is 3.52. The maximum atomic E-state index is 10.7. The van der Waals surface area contributed by atoms with E-state index < -0.39 is 5.97 Å². The minimum absolute atomic E-state index is 0.0644. The highest BCUT2D eigenvalue weighted by Crippen LogP contribution is 2.27. The molecule has 0 radical (unpaired) electrons. The van der Waals surface area contributed by atoms with Gasteiger partial charge in [-0.15, -0.1) is 11.3 Å². The van der Waals surface area contributed by atoms with Crippen LogP contribution in [0, 0.1) is 12.8 Å². The second-order valence-corrected chi connectivity index (χ2v) is 7.13. The Morgan fingerprint density at radius 3 is 2.84 bits per heavy atom. The van der Waals surface area contributed by atoms with Gasteiger partial charge in [0.2, 0.25) is 0 Å². The maximum absolute atomic E-state index is 10.7. The summed E-state index contributed by atoms with van der Waals surface area (Å²) in [5, 5.41) is 8.77. The monoisotopic (exact) mass is 303 g/mol. The fraction of sp³-hybridized carbons (Fsp3) is 0.692. The zero-order chi connectivity index (χ0) is 14.3. The van der Waals surface area contributed by atoms with Crippen LogP contribution in [0.4, 0.5) is 0 Å². The molecule has 1 heterocycles. The highest BCUT2D eigenvalue weighted by molar-refractivity contribution is 8.01. The van der Waals surface area contributed by atoms with Crippen LogP contribution in [-0.4, -0.2) is 35.0 Å². The third-order valence-corrected chi connectivity index (χ3v) is 4.74. The zero-order valence-corrected chi connectivity index (χ0v) is 13.3. The molecular formula is C13H21NO3S2. The van der Waals surface area contributed by atoms with Crippen molar-refractivity contribution in [1.29, 1.82) is 0 Å². The van der Waals surface area contributed by atoms with Gasteiger partial charge in [0.15, 0.2) is 0 Å². The van der Waals surface area contributed by atoms with Gasteiger partial charge in [-0.3, -0.25) is 4.79 Å². The Hall–Kier alpha value is -0.590. The quantitative estimate of drug-likeness (QED) is 0.560.